The summed E-state index contributed by atoms with van der Waals surface area (Å²) >= 11 is 0. The first kappa shape index (κ1) is 18.7. The molecule has 0 bridgehead atoms. The predicted octanol–water partition coefficient (Wildman–Crippen LogP) is 2.65. The molecule has 0 fully saturated rings. The summed E-state index contributed by atoms with van der Waals surface area (Å²) < 4.78 is 2.10. The van der Waals surface area contributed by atoms with Gasteiger partial charge in [-0.1, -0.05) is 32.6 Å². The second kappa shape index (κ2) is 7.43. The van der Waals surface area contributed by atoms with E-state index in [1.54, 1.807) is 0 Å². The zero-order valence-electron chi connectivity index (χ0n) is 17.0. The fourth-order valence-corrected chi connectivity index (χ4v) is 4.19. The van der Waals surface area contributed by atoms with Crippen LogP contribution < -0.4 is 10.2 Å². The number of nitrogens with zero attached hydrogens (tertiary/aromatic N) is 4. The minimum Gasteiger partial charge on any atom is -0.356 e. The molecule has 2 aromatic rings. The number of hydrogen-bond donors (Lipinski definition) is 1. The summed E-state index contributed by atoms with van der Waals surface area (Å²) in [5, 5.41) is 8.60. The zero-order chi connectivity index (χ0) is 19.8. The molecule has 2 aliphatic rings. The Morgan fingerprint density at radius 2 is 2.04 bits per heavy atom. The summed E-state index contributed by atoms with van der Waals surface area (Å²) in [6.07, 6.45) is 2.33. The summed E-state index contributed by atoms with van der Waals surface area (Å²) in [6.45, 7) is 11.0. The van der Waals surface area contributed by atoms with Gasteiger partial charge in [0.25, 0.3) is 0 Å². The third-order valence-corrected chi connectivity index (χ3v) is 5.86. The Bertz CT molecular complexity index is 883. The number of carbonyl (C=O) groups is 1. The van der Waals surface area contributed by atoms with Crippen molar-refractivity contribution in [1.82, 2.24) is 20.0 Å². The summed E-state index contributed by atoms with van der Waals surface area (Å²) in [4.78, 5) is 16.3. The number of carbonyl (C=O) groups excluding carboxylic acids is 1. The third kappa shape index (κ3) is 3.22. The molecule has 2 aliphatic heterocycles. The van der Waals surface area contributed by atoms with Gasteiger partial charge in [-0.2, -0.15) is 0 Å². The Hall–Kier alpha value is -2.60. The lowest BCUT2D eigenvalue weighted by Gasteiger charge is -2.35. The zero-order valence-corrected chi connectivity index (χ0v) is 17.0. The molecule has 1 aromatic heterocycles. The molecule has 6 heteroatoms. The standard InChI is InChI=1S/C22H29N5O/c1-5-20(28)26-13-12-25(4)22-21-18(14-26)23-11-10-19(21)27(24-22)17-8-6-16(7-9-17)15(2)3/h5-9,15,18,23H,1,10-14H2,2-4H3/t18-/m0/s1. The number of likely N-dealkylation sites (N-methyl/N-ethyl adjacent to an activating group) is 1. The molecule has 0 spiro atoms. The SMILES string of the molecule is C=CC(=O)N1CCN(C)c2nn(-c3ccc(C(C)C)cc3)c3c2[C@H](C1)NCC3. The second-order valence-corrected chi connectivity index (χ2v) is 8.01. The van der Waals surface area contributed by atoms with Gasteiger partial charge in [0, 0.05) is 45.2 Å². The molecule has 0 unspecified atom stereocenters. The largest absolute Gasteiger partial charge is 0.356 e. The van der Waals surface area contributed by atoms with Gasteiger partial charge in [0.05, 0.1) is 17.4 Å². The first-order valence-electron chi connectivity index (χ1n) is 10.1. The molecule has 0 saturated heterocycles. The van der Waals surface area contributed by atoms with Gasteiger partial charge in [-0.3, -0.25) is 4.79 Å². The van der Waals surface area contributed by atoms with Crippen LogP contribution >= 0.6 is 0 Å². The molecule has 148 valence electrons. The maximum atomic E-state index is 12.3. The average molecular weight is 380 g/mol. The van der Waals surface area contributed by atoms with E-state index in [1.807, 2.05) is 4.90 Å². The number of hydrogen-bond acceptors (Lipinski definition) is 4. The van der Waals surface area contributed by atoms with Crippen molar-refractivity contribution in [2.24, 2.45) is 0 Å². The van der Waals surface area contributed by atoms with Gasteiger partial charge in [0.2, 0.25) is 5.91 Å². The molecule has 0 aliphatic carbocycles. The van der Waals surface area contributed by atoms with Gasteiger partial charge in [-0.05, 0) is 29.7 Å². The first-order chi connectivity index (χ1) is 13.5. The van der Waals surface area contributed by atoms with E-state index in [4.69, 9.17) is 5.10 Å². The van der Waals surface area contributed by atoms with Crippen LogP contribution in [0.4, 0.5) is 5.82 Å². The number of anilines is 1. The van der Waals surface area contributed by atoms with Crippen molar-refractivity contribution in [2.45, 2.75) is 32.2 Å². The molecule has 0 radical (unpaired) electrons. The van der Waals surface area contributed by atoms with Gasteiger partial charge in [0.1, 0.15) is 0 Å². The highest BCUT2D eigenvalue weighted by Gasteiger charge is 2.34. The van der Waals surface area contributed by atoms with E-state index in [9.17, 15) is 4.79 Å². The van der Waals surface area contributed by atoms with E-state index in [0.717, 1.165) is 31.0 Å². The Kier molecular flexibility index (Phi) is 4.98. The molecule has 28 heavy (non-hydrogen) atoms. The molecular weight excluding hydrogens is 350 g/mol. The molecule has 6 nitrogen and oxygen atoms in total. The van der Waals surface area contributed by atoms with Crippen molar-refractivity contribution in [1.29, 1.82) is 0 Å². The summed E-state index contributed by atoms with van der Waals surface area (Å²) in [5.74, 6) is 1.52. The fourth-order valence-electron chi connectivity index (χ4n) is 4.19. The molecule has 0 saturated carbocycles. The van der Waals surface area contributed by atoms with Crippen LogP contribution in [-0.4, -0.2) is 53.8 Å². The highest BCUT2D eigenvalue weighted by atomic mass is 16.2. The highest BCUT2D eigenvalue weighted by molar-refractivity contribution is 5.87. The van der Waals surface area contributed by atoms with E-state index in [0.29, 0.717) is 19.0 Å². The molecule has 1 N–H and O–H groups in total. The van der Waals surface area contributed by atoms with Crippen LogP contribution in [0.5, 0.6) is 0 Å². The number of aromatic nitrogens is 2. The molecule has 3 heterocycles. The van der Waals surface area contributed by atoms with Crippen molar-refractivity contribution in [3.63, 3.8) is 0 Å². The van der Waals surface area contributed by atoms with E-state index in [-0.39, 0.29) is 11.9 Å². The monoisotopic (exact) mass is 379 g/mol. The van der Waals surface area contributed by atoms with Crippen LogP contribution in [0.3, 0.4) is 0 Å². The topological polar surface area (TPSA) is 53.4 Å². The lowest BCUT2D eigenvalue weighted by molar-refractivity contribution is -0.126. The van der Waals surface area contributed by atoms with Crippen LogP contribution in [0.2, 0.25) is 0 Å². The third-order valence-electron chi connectivity index (χ3n) is 5.86. The smallest absolute Gasteiger partial charge is 0.246 e. The van der Waals surface area contributed by atoms with Gasteiger partial charge < -0.3 is 15.1 Å². The number of amides is 1. The minimum absolute atomic E-state index is 0.0116. The minimum atomic E-state index is -0.0116. The van der Waals surface area contributed by atoms with Crippen LogP contribution in [0.1, 0.15) is 42.6 Å². The van der Waals surface area contributed by atoms with Crippen LogP contribution in [-0.2, 0) is 11.2 Å². The van der Waals surface area contributed by atoms with Gasteiger partial charge >= 0.3 is 0 Å². The maximum Gasteiger partial charge on any atom is 0.246 e. The summed E-state index contributed by atoms with van der Waals surface area (Å²) in [7, 11) is 2.06. The number of nitrogens with one attached hydrogen (secondary N) is 1. The van der Waals surface area contributed by atoms with E-state index in [2.05, 4.69) is 66.6 Å². The Morgan fingerprint density at radius 3 is 2.71 bits per heavy atom. The van der Waals surface area contributed by atoms with Gasteiger partial charge in [-0.25, -0.2) is 4.68 Å². The maximum absolute atomic E-state index is 12.3. The molecule has 1 amide bonds. The lowest BCUT2D eigenvalue weighted by atomic mass is 9.98. The van der Waals surface area contributed by atoms with E-state index < -0.39 is 0 Å². The van der Waals surface area contributed by atoms with Crippen molar-refractivity contribution < 1.29 is 4.79 Å². The summed E-state index contributed by atoms with van der Waals surface area (Å²) in [6, 6.07) is 8.80. The molecule has 1 aromatic carbocycles. The van der Waals surface area contributed by atoms with Crippen LogP contribution in [0.15, 0.2) is 36.9 Å². The second-order valence-electron chi connectivity index (χ2n) is 8.01. The van der Waals surface area contributed by atoms with Crippen molar-refractivity contribution in [2.75, 3.05) is 38.1 Å². The van der Waals surface area contributed by atoms with Crippen LogP contribution in [0.25, 0.3) is 5.69 Å². The van der Waals surface area contributed by atoms with E-state index >= 15 is 0 Å². The first-order valence-corrected chi connectivity index (χ1v) is 10.1. The molecule has 1 atom stereocenters. The van der Waals surface area contributed by atoms with E-state index in [1.165, 1.54) is 22.9 Å². The molecule has 4 rings (SSSR count). The van der Waals surface area contributed by atoms with Gasteiger partial charge in [0.15, 0.2) is 5.82 Å². The predicted molar refractivity (Wildman–Crippen MR) is 112 cm³/mol. The number of benzene rings is 1. The molecular formula is C22H29N5O. The quantitative estimate of drug-likeness (QED) is 0.833. The van der Waals surface area contributed by atoms with Crippen molar-refractivity contribution in [3.8, 4) is 5.69 Å². The summed E-state index contributed by atoms with van der Waals surface area (Å²) in [5.41, 5.74) is 4.90. The van der Waals surface area contributed by atoms with Gasteiger partial charge in [-0.15, -0.1) is 5.10 Å². The van der Waals surface area contributed by atoms with Crippen LogP contribution in [0, 0.1) is 0 Å². The lowest BCUT2D eigenvalue weighted by Crippen LogP contribution is -2.46. The Labute approximate surface area is 166 Å². The highest BCUT2D eigenvalue weighted by Crippen LogP contribution is 2.35. The Balaban J connectivity index is 1.77. The normalized spacial score (nSPS) is 19.2. The fraction of sp³-hybridized carbons (Fsp3) is 0.455. The van der Waals surface area contributed by atoms with Crippen molar-refractivity contribution in [3.05, 3.63) is 53.7 Å². The van der Waals surface area contributed by atoms with Crippen molar-refractivity contribution >= 4 is 11.7 Å². The average Bonchev–Trinajstić information content (AvgIpc) is 3.09. The number of rotatable bonds is 3. The Morgan fingerprint density at radius 1 is 1.29 bits per heavy atom.